The number of carbonyl (C=O) groups is 1. The molecular weight excluding hydrogens is 316 g/mol. The monoisotopic (exact) mass is 332 g/mol. The molecule has 0 radical (unpaired) electrons. The Balaban J connectivity index is 1.64. The lowest BCUT2D eigenvalue weighted by molar-refractivity contribution is -0.123. The van der Waals surface area contributed by atoms with Gasteiger partial charge in [0.05, 0.1) is 18.2 Å². The van der Waals surface area contributed by atoms with Crippen molar-refractivity contribution in [2.75, 3.05) is 5.32 Å². The van der Waals surface area contributed by atoms with Crippen molar-refractivity contribution in [3.63, 3.8) is 0 Å². The van der Waals surface area contributed by atoms with Crippen LogP contribution in [0.25, 0.3) is 0 Å². The van der Waals surface area contributed by atoms with Gasteiger partial charge in [0.15, 0.2) is 0 Å². The van der Waals surface area contributed by atoms with Crippen molar-refractivity contribution >= 4 is 11.7 Å². The van der Waals surface area contributed by atoms with Gasteiger partial charge >= 0.3 is 0 Å². The highest BCUT2D eigenvalue weighted by Crippen LogP contribution is 2.43. The zero-order valence-electron chi connectivity index (χ0n) is 13.4. The molecule has 124 valence electrons. The number of nitrogens with zero attached hydrogens (tertiary/aromatic N) is 3. The van der Waals surface area contributed by atoms with E-state index in [1.54, 1.807) is 6.26 Å². The van der Waals surface area contributed by atoms with Crippen LogP contribution in [0.5, 0.6) is 0 Å². The topological polar surface area (TPSA) is 73.0 Å². The standard InChI is InChI=1S/C19H16N4O2/c24-15-10-13(16-7-4-8-25-16)9-14-17(15)18(12-5-2-1-3-6-12)23-19(22-14)20-11-21-23/h1-9,11,13,17-18H,10H2,(H,20,21,22)/t13-,17+,18+/m1/s1. The Hall–Kier alpha value is -3.15. The van der Waals surface area contributed by atoms with Crippen molar-refractivity contribution in [1.29, 1.82) is 0 Å². The van der Waals surface area contributed by atoms with Crippen LogP contribution in [0.15, 0.2) is 71.2 Å². The summed E-state index contributed by atoms with van der Waals surface area (Å²) in [7, 11) is 0. The molecule has 0 spiro atoms. The van der Waals surface area contributed by atoms with Gasteiger partial charge < -0.3 is 9.73 Å². The van der Waals surface area contributed by atoms with Crippen LogP contribution in [0.1, 0.15) is 29.7 Å². The van der Waals surface area contributed by atoms with Gasteiger partial charge in [-0.2, -0.15) is 10.1 Å². The van der Waals surface area contributed by atoms with Gasteiger partial charge in [0.25, 0.3) is 0 Å². The van der Waals surface area contributed by atoms with Gasteiger partial charge in [-0.05, 0) is 17.7 Å². The van der Waals surface area contributed by atoms with Crippen LogP contribution in [0, 0.1) is 5.92 Å². The first-order valence-electron chi connectivity index (χ1n) is 8.30. The minimum atomic E-state index is -0.289. The lowest BCUT2D eigenvalue weighted by Crippen LogP contribution is -2.40. The van der Waals surface area contributed by atoms with Crippen LogP contribution in [0.2, 0.25) is 0 Å². The third-order valence-corrected chi connectivity index (χ3v) is 4.94. The van der Waals surface area contributed by atoms with Crippen molar-refractivity contribution in [3.8, 4) is 0 Å². The largest absolute Gasteiger partial charge is 0.469 e. The number of benzene rings is 1. The maximum atomic E-state index is 13.1. The molecule has 3 atom stereocenters. The number of furan rings is 1. The predicted octanol–water partition coefficient (Wildman–Crippen LogP) is 3.14. The maximum Gasteiger partial charge on any atom is 0.226 e. The summed E-state index contributed by atoms with van der Waals surface area (Å²) in [5, 5.41) is 7.64. The van der Waals surface area contributed by atoms with E-state index in [0.717, 1.165) is 17.0 Å². The predicted molar refractivity (Wildman–Crippen MR) is 90.9 cm³/mol. The minimum Gasteiger partial charge on any atom is -0.469 e. The smallest absolute Gasteiger partial charge is 0.226 e. The van der Waals surface area contributed by atoms with Crippen LogP contribution in [-0.2, 0) is 4.79 Å². The Labute approximate surface area is 144 Å². The Morgan fingerprint density at radius 2 is 2.04 bits per heavy atom. The van der Waals surface area contributed by atoms with Crippen molar-refractivity contribution in [2.24, 2.45) is 5.92 Å². The Bertz CT molecular complexity index is 943. The zero-order chi connectivity index (χ0) is 16.8. The van der Waals surface area contributed by atoms with E-state index in [0.29, 0.717) is 12.4 Å². The second-order valence-corrected chi connectivity index (χ2v) is 6.40. The number of aromatic nitrogens is 3. The lowest BCUT2D eigenvalue weighted by Gasteiger charge is -2.37. The molecule has 5 rings (SSSR count). The Morgan fingerprint density at radius 3 is 2.84 bits per heavy atom. The highest BCUT2D eigenvalue weighted by Gasteiger charge is 2.43. The molecule has 1 aliphatic carbocycles. The van der Waals surface area contributed by atoms with E-state index in [4.69, 9.17) is 4.42 Å². The maximum absolute atomic E-state index is 13.1. The van der Waals surface area contributed by atoms with E-state index in [1.165, 1.54) is 6.33 Å². The van der Waals surface area contributed by atoms with E-state index >= 15 is 0 Å². The number of hydrogen-bond acceptors (Lipinski definition) is 5. The molecule has 3 aromatic rings. The van der Waals surface area contributed by atoms with Crippen molar-refractivity contribution in [3.05, 3.63) is 78.2 Å². The van der Waals surface area contributed by atoms with E-state index in [1.807, 2.05) is 47.1 Å². The molecule has 1 aromatic carbocycles. The molecule has 6 nitrogen and oxygen atoms in total. The number of hydrogen-bond donors (Lipinski definition) is 1. The van der Waals surface area contributed by atoms with Crippen molar-refractivity contribution in [1.82, 2.24) is 14.8 Å². The first kappa shape index (κ1) is 14.2. The Morgan fingerprint density at radius 1 is 1.16 bits per heavy atom. The highest BCUT2D eigenvalue weighted by molar-refractivity contribution is 5.88. The molecule has 3 heterocycles. The molecule has 0 unspecified atom stereocenters. The fourth-order valence-electron chi connectivity index (χ4n) is 3.84. The second kappa shape index (κ2) is 5.44. The summed E-state index contributed by atoms with van der Waals surface area (Å²) in [4.78, 5) is 17.4. The van der Waals surface area contributed by atoms with Crippen LogP contribution in [0.3, 0.4) is 0 Å². The van der Waals surface area contributed by atoms with E-state index in [2.05, 4.69) is 21.5 Å². The number of fused-ring (bicyclic) bond motifs is 2. The van der Waals surface area contributed by atoms with Crippen molar-refractivity contribution in [2.45, 2.75) is 18.4 Å². The highest BCUT2D eigenvalue weighted by atomic mass is 16.3. The average Bonchev–Trinajstić information content (AvgIpc) is 3.32. The molecule has 2 aromatic heterocycles. The number of nitrogens with one attached hydrogen (secondary N) is 1. The van der Waals surface area contributed by atoms with Gasteiger partial charge in [0.1, 0.15) is 17.9 Å². The van der Waals surface area contributed by atoms with E-state index in [9.17, 15) is 4.79 Å². The molecule has 0 saturated carbocycles. The number of rotatable bonds is 2. The summed E-state index contributed by atoms with van der Waals surface area (Å²) in [6.07, 6.45) is 5.68. The first-order valence-corrected chi connectivity index (χ1v) is 8.30. The summed E-state index contributed by atoms with van der Waals surface area (Å²) in [6.45, 7) is 0. The molecule has 1 aliphatic heterocycles. The van der Waals surface area contributed by atoms with Gasteiger partial charge in [0, 0.05) is 18.0 Å². The van der Waals surface area contributed by atoms with Gasteiger partial charge in [-0.3, -0.25) is 4.79 Å². The number of allylic oxidation sites excluding steroid dienone is 2. The quantitative estimate of drug-likeness (QED) is 0.780. The average molecular weight is 332 g/mol. The molecule has 25 heavy (non-hydrogen) atoms. The number of ketones is 1. The minimum absolute atomic E-state index is 0.0489. The third kappa shape index (κ3) is 2.21. The molecular formula is C19H16N4O2. The number of carbonyl (C=O) groups excluding carboxylic acids is 1. The second-order valence-electron chi connectivity index (χ2n) is 6.40. The van der Waals surface area contributed by atoms with Gasteiger partial charge in [-0.15, -0.1) is 0 Å². The molecule has 0 bridgehead atoms. The van der Waals surface area contributed by atoms with Gasteiger partial charge in [-0.1, -0.05) is 36.4 Å². The Kier molecular flexibility index (Phi) is 3.09. The van der Waals surface area contributed by atoms with E-state index in [-0.39, 0.29) is 23.7 Å². The summed E-state index contributed by atoms with van der Waals surface area (Å²) >= 11 is 0. The normalized spacial score (nSPS) is 24.9. The first-order chi connectivity index (χ1) is 12.3. The number of Topliss-reactive ketones (excluding diaryl/α,β-unsaturated/α-hetero) is 1. The molecule has 0 fully saturated rings. The number of anilines is 1. The van der Waals surface area contributed by atoms with Gasteiger partial charge in [0.2, 0.25) is 5.95 Å². The SMILES string of the molecule is O=C1C[C@H](c2ccco2)C=C2Nc3ncnn3[C@@H](c3ccccc3)[C@H]12. The third-order valence-electron chi connectivity index (χ3n) is 4.94. The van der Waals surface area contributed by atoms with Gasteiger partial charge in [-0.25, -0.2) is 4.68 Å². The fraction of sp³-hybridized carbons (Fsp3) is 0.211. The summed E-state index contributed by atoms with van der Waals surface area (Å²) in [5.41, 5.74) is 1.93. The van der Waals surface area contributed by atoms with Crippen LogP contribution < -0.4 is 5.32 Å². The zero-order valence-corrected chi connectivity index (χ0v) is 13.4. The van der Waals surface area contributed by atoms with Crippen LogP contribution in [-0.4, -0.2) is 20.5 Å². The van der Waals surface area contributed by atoms with Crippen LogP contribution in [0.4, 0.5) is 5.95 Å². The van der Waals surface area contributed by atoms with Crippen LogP contribution >= 0.6 is 0 Å². The molecule has 2 aliphatic rings. The summed E-state index contributed by atoms with van der Waals surface area (Å²) in [5.74, 6) is 1.31. The molecule has 0 saturated heterocycles. The molecule has 0 amide bonds. The summed E-state index contributed by atoms with van der Waals surface area (Å²) < 4.78 is 7.32. The fourth-order valence-corrected chi connectivity index (χ4v) is 3.84. The lowest BCUT2D eigenvalue weighted by atomic mass is 9.77. The summed E-state index contributed by atoms with van der Waals surface area (Å²) in [6, 6.07) is 13.6. The van der Waals surface area contributed by atoms with E-state index < -0.39 is 0 Å². The van der Waals surface area contributed by atoms with Crippen molar-refractivity contribution < 1.29 is 9.21 Å². The molecule has 1 N–H and O–H groups in total. The molecule has 6 heteroatoms.